The van der Waals surface area contributed by atoms with Crippen LogP contribution >= 0.6 is 12.2 Å². The van der Waals surface area contributed by atoms with Gasteiger partial charge in [-0.05, 0) is 60.6 Å². The van der Waals surface area contributed by atoms with Crippen LogP contribution in [0, 0.1) is 5.92 Å². The maximum atomic E-state index is 12.4. The molecule has 0 unspecified atom stereocenters. The summed E-state index contributed by atoms with van der Waals surface area (Å²) in [5, 5.41) is 5.54. The normalized spacial score (nSPS) is 11.0. The average Bonchev–Trinajstić information content (AvgIpc) is 2.71. The number of rotatable bonds is 9. The Morgan fingerprint density at radius 1 is 1.20 bits per heavy atom. The van der Waals surface area contributed by atoms with Crippen LogP contribution in [0.2, 0.25) is 0 Å². The zero-order valence-electron chi connectivity index (χ0n) is 16.8. The second kappa shape index (κ2) is 10.9. The number of ether oxygens (including phenoxy) is 1. The highest BCUT2D eigenvalue weighted by molar-refractivity contribution is 7.89. The number of nitrogens with one attached hydrogen (secondary N) is 3. The summed E-state index contributed by atoms with van der Waals surface area (Å²) < 4.78 is 32.2. The van der Waals surface area contributed by atoms with Gasteiger partial charge in [0.05, 0.1) is 11.5 Å². The van der Waals surface area contributed by atoms with E-state index in [1.165, 1.54) is 18.2 Å². The summed E-state index contributed by atoms with van der Waals surface area (Å²) in [4.78, 5) is 12.5. The molecule has 0 fully saturated rings. The molecule has 9 heteroatoms. The molecule has 0 saturated carbocycles. The molecular weight excluding hydrogens is 422 g/mol. The maximum absolute atomic E-state index is 12.4. The molecule has 0 bridgehead atoms. The van der Waals surface area contributed by atoms with Gasteiger partial charge in [-0.15, -0.1) is 6.58 Å². The number of benzene rings is 2. The van der Waals surface area contributed by atoms with Gasteiger partial charge in [0.25, 0.3) is 5.91 Å². The predicted octanol–water partition coefficient (Wildman–Crippen LogP) is 3.31. The number of hydrogen-bond donors (Lipinski definition) is 3. The third-order valence-corrected chi connectivity index (χ3v) is 5.39. The lowest BCUT2D eigenvalue weighted by molar-refractivity contribution is 0.0977. The number of thiocarbonyl (C=S) groups is 1. The van der Waals surface area contributed by atoms with Gasteiger partial charge in [-0.3, -0.25) is 10.1 Å². The fourth-order valence-electron chi connectivity index (χ4n) is 2.30. The lowest BCUT2D eigenvalue weighted by Gasteiger charge is -2.12. The molecule has 2 aromatic rings. The van der Waals surface area contributed by atoms with Crippen molar-refractivity contribution in [3.63, 3.8) is 0 Å². The van der Waals surface area contributed by atoms with Crippen LogP contribution in [0.15, 0.2) is 66.1 Å². The molecule has 0 spiro atoms. The van der Waals surface area contributed by atoms with Gasteiger partial charge in [-0.2, -0.15) is 0 Å². The first kappa shape index (κ1) is 23.5. The Labute approximate surface area is 182 Å². The first-order valence-corrected chi connectivity index (χ1v) is 11.2. The van der Waals surface area contributed by atoms with Gasteiger partial charge in [0.15, 0.2) is 5.11 Å². The molecule has 0 aliphatic rings. The number of anilines is 1. The average molecular weight is 448 g/mol. The van der Waals surface area contributed by atoms with Crippen LogP contribution in [0.4, 0.5) is 5.69 Å². The Balaban J connectivity index is 1.96. The number of carbonyl (C=O) groups is 1. The number of sulfonamides is 1. The fraction of sp³-hybridized carbons (Fsp3) is 0.238. The zero-order chi connectivity index (χ0) is 22.1. The molecule has 0 aliphatic carbocycles. The van der Waals surface area contributed by atoms with Gasteiger partial charge in [0, 0.05) is 17.8 Å². The second-order valence-electron chi connectivity index (χ2n) is 6.81. The monoisotopic (exact) mass is 447 g/mol. The predicted molar refractivity (Wildman–Crippen MR) is 122 cm³/mol. The number of amides is 1. The van der Waals surface area contributed by atoms with Crippen LogP contribution in [0.3, 0.4) is 0 Å². The van der Waals surface area contributed by atoms with Crippen molar-refractivity contribution in [3.05, 3.63) is 66.7 Å². The van der Waals surface area contributed by atoms with Crippen LogP contribution in [0.25, 0.3) is 0 Å². The summed E-state index contributed by atoms with van der Waals surface area (Å²) in [6.07, 6.45) is 1.46. The molecule has 160 valence electrons. The van der Waals surface area contributed by atoms with E-state index in [1.54, 1.807) is 36.4 Å². The van der Waals surface area contributed by atoms with Crippen molar-refractivity contribution in [3.8, 4) is 5.75 Å². The lowest BCUT2D eigenvalue weighted by Crippen LogP contribution is -2.34. The molecule has 1 amide bonds. The van der Waals surface area contributed by atoms with Gasteiger partial charge in [0.1, 0.15) is 5.75 Å². The Morgan fingerprint density at radius 2 is 1.90 bits per heavy atom. The molecule has 3 N–H and O–H groups in total. The Bertz CT molecular complexity index is 1000. The van der Waals surface area contributed by atoms with Crippen molar-refractivity contribution < 1.29 is 17.9 Å². The van der Waals surface area contributed by atoms with Gasteiger partial charge in [-0.25, -0.2) is 13.1 Å². The lowest BCUT2D eigenvalue weighted by atomic mass is 10.2. The molecule has 30 heavy (non-hydrogen) atoms. The van der Waals surface area contributed by atoms with E-state index in [0.717, 1.165) is 0 Å². The Morgan fingerprint density at radius 3 is 2.53 bits per heavy atom. The number of hydrogen-bond acceptors (Lipinski definition) is 5. The summed E-state index contributed by atoms with van der Waals surface area (Å²) in [5.74, 6) is 0.603. The highest BCUT2D eigenvalue weighted by Gasteiger charge is 2.13. The van der Waals surface area contributed by atoms with Crippen LogP contribution in [0.5, 0.6) is 5.75 Å². The fourth-order valence-corrected chi connectivity index (χ4v) is 3.51. The highest BCUT2D eigenvalue weighted by atomic mass is 32.2. The molecule has 2 rings (SSSR count). The van der Waals surface area contributed by atoms with E-state index in [9.17, 15) is 13.2 Å². The first-order valence-electron chi connectivity index (χ1n) is 9.27. The van der Waals surface area contributed by atoms with E-state index in [0.29, 0.717) is 29.5 Å². The molecular formula is C21H25N3O4S2. The standard InChI is InChI=1S/C21H25N3O4S2/c1-4-12-22-30(26,27)19-10-8-17(9-11-19)23-21(29)24-20(25)16-6-5-7-18(13-16)28-14-15(2)3/h4-11,13,15,22H,1,12,14H2,2-3H3,(H2,23,24,25,29). The minimum absolute atomic E-state index is 0.0916. The van der Waals surface area contributed by atoms with Crippen molar-refractivity contribution in [2.24, 2.45) is 5.92 Å². The van der Waals surface area contributed by atoms with Gasteiger partial charge in [0.2, 0.25) is 10.0 Å². The molecule has 0 atom stereocenters. The summed E-state index contributed by atoms with van der Waals surface area (Å²) in [7, 11) is -3.60. The van der Waals surface area contributed by atoms with Gasteiger partial charge >= 0.3 is 0 Å². The Hall–Kier alpha value is -2.75. The van der Waals surface area contributed by atoms with Crippen molar-refractivity contribution in [2.75, 3.05) is 18.5 Å². The summed E-state index contributed by atoms with van der Waals surface area (Å²) >= 11 is 5.18. The summed E-state index contributed by atoms with van der Waals surface area (Å²) in [6, 6.07) is 12.8. The molecule has 0 saturated heterocycles. The topological polar surface area (TPSA) is 96.5 Å². The largest absolute Gasteiger partial charge is 0.493 e. The molecule has 0 aliphatic heterocycles. The minimum atomic E-state index is -3.60. The Kier molecular flexibility index (Phi) is 8.52. The van der Waals surface area contributed by atoms with Crippen molar-refractivity contribution in [2.45, 2.75) is 18.7 Å². The summed E-state index contributed by atoms with van der Waals surface area (Å²) in [5.41, 5.74) is 0.951. The van der Waals surface area contributed by atoms with Gasteiger partial charge in [-0.1, -0.05) is 26.0 Å². The SMILES string of the molecule is C=CCNS(=O)(=O)c1ccc(NC(=S)NC(=O)c2cccc(OCC(C)C)c2)cc1. The van der Waals surface area contributed by atoms with Crippen molar-refractivity contribution in [1.29, 1.82) is 0 Å². The van der Waals surface area contributed by atoms with Crippen molar-refractivity contribution >= 4 is 38.9 Å². The van der Waals surface area contributed by atoms with Crippen LogP contribution < -0.4 is 20.1 Å². The first-order chi connectivity index (χ1) is 14.2. The molecule has 0 heterocycles. The smallest absolute Gasteiger partial charge is 0.257 e. The van der Waals surface area contributed by atoms with E-state index in [4.69, 9.17) is 17.0 Å². The molecule has 7 nitrogen and oxygen atoms in total. The highest BCUT2D eigenvalue weighted by Crippen LogP contribution is 2.16. The molecule has 2 aromatic carbocycles. The van der Waals surface area contributed by atoms with E-state index in [1.807, 2.05) is 13.8 Å². The van der Waals surface area contributed by atoms with Crippen LogP contribution in [-0.2, 0) is 10.0 Å². The van der Waals surface area contributed by atoms with E-state index in [-0.39, 0.29) is 22.5 Å². The number of carbonyl (C=O) groups excluding carboxylic acids is 1. The zero-order valence-corrected chi connectivity index (χ0v) is 18.5. The summed E-state index contributed by atoms with van der Waals surface area (Å²) in [6.45, 7) is 8.26. The van der Waals surface area contributed by atoms with Crippen LogP contribution in [-0.4, -0.2) is 32.6 Å². The third-order valence-electron chi connectivity index (χ3n) is 3.75. The van der Waals surface area contributed by atoms with Crippen molar-refractivity contribution in [1.82, 2.24) is 10.0 Å². The van der Waals surface area contributed by atoms with E-state index >= 15 is 0 Å². The quantitative estimate of drug-likeness (QED) is 0.403. The second-order valence-corrected chi connectivity index (χ2v) is 8.98. The van der Waals surface area contributed by atoms with Crippen LogP contribution in [0.1, 0.15) is 24.2 Å². The molecule has 0 radical (unpaired) electrons. The minimum Gasteiger partial charge on any atom is -0.493 e. The van der Waals surface area contributed by atoms with Gasteiger partial charge < -0.3 is 10.1 Å². The third kappa shape index (κ3) is 7.25. The van der Waals surface area contributed by atoms with E-state index in [2.05, 4.69) is 21.9 Å². The molecule has 0 aromatic heterocycles. The maximum Gasteiger partial charge on any atom is 0.257 e. The van der Waals surface area contributed by atoms with E-state index < -0.39 is 10.0 Å².